The first-order chi connectivity index (χ1) is 12.6. The van der Waals surface area contributed by atoms with Crippen molar-refractivity contribution in [3.63, 3.8) is 0 Å². The number of hydrogen-bond acceptors (Lipinski definition) is 4. The fourth-order valence-corrected chi connectivity index (χ4v) is 4.09. The van der Waals surface area contributed by atoms with Crippen LogP contribution in [0.15, 0.2) is 41.8 Å². The first kappa shape index (κ1) is 18.9. The van der Waals surface area contributed by atoms with Crippen LogP contribution in [0.4, 0.5) is 0 Å². The molecular weight excluding hydrogens is 344 g/mol. The topological polar surface area (TPSA) is 41.6 Å². The summed E-state index contributed by atoms with van der Waals surface area (Å²) in [5.74, 6) is 1.17. The summed E-state index contributed by atoms with van der Waals surface area (Å²) in [6.07, 6.45) is 2.48. The lowest BCUT2D eigenvalue weighted by atomic mass is 10.1. The normalized spacial score (nSPS) is 16.0. The maximum Gasteiger partial charge on any atom is 0.251 e. The summed E-state index contributed by atoms with van der Waals surface area (Å²) in [6, 6.07) is 12.0. The van der Waals surface area contributed by atoms with E-state index < -0.39 is 0 Å². The van der Waals surface area contributed by atoms with Crippen LogP contribution in [0.25, 0.3) is 0 Å². The van der Waals surface area contributed by atoms with Gasteiger partial charge < -0.3 is 10.1 Å². The molecule has 1 saturated heterocycles. The summed E-state index contributed by atoms with van der Waals surface area (Å²) in [5.41, 5.74) is 0.651. The van der Waals surface area contributed by atoms with Crippen molar-refractivity contribution < 1.29 is 9.53 Å². The monoisotopic (exact) mass is 372 g/mol. The van der Waals surface area contributed by atoms with Gasteiger partial charge in [0.15, 0.2) is 0 Å². The smallest absolute Gasteiger partial charge is 0.251 e. The third kappa shape index (κ3) is 5.08. The van der Waals surface area contributed by atoms with Gasteiger partial charge in [-0.05, 0) is 61.5 Å². The van der Waals surface area contributed by atoms with Crippen molar-refractivity contribution >= 4 is 17.2 Å². The second kappa shape index (κ2) is 9.19. The van der Waals surface area contributed by atoms with E-state index >= 15 is 0 Å². The van der Waals surface area contributed by atoms with Crippen molar-refractivity contribution in [1.29, 1.82) is 0 Å². The molecule has 4 nitrogen and oxygen atoms in total. The average molecular weight is 373 g/mol. The zero-order valence-corrected chi connectivity index (χ0v) is 16.4. The van der Waals surface area contributed by atoms with E-state index in [1.165, 1.54) is 17.7 Å². The van der Waals surface area contributed by atoms with E-state index in [0.29, 0.717) is 24.6 Å². The van der Waals surface area contributed by atoms with E-state index in [1.54, 1.807) is 11.3 Å². The van der Waals surface area contributed by atoms with Gasteiger partial charge in [0.2, 0.25) is 0 Å². The summed E-state index contributed by atoms with van der Waals surface area (Å²) < 4.78 is 5.74. The van der Waals surface area contributed by atoms with Gasteiger partial charge in [-0.2, -0.15) is 0 Å². The average Bonchev–Trinajstić information content (AvgIpc) is 3.35. The number of rotatable bonds is 8. The quantitative estimate of drug-likeness (QED) is 0.749. The van der Waals surface area contributed by atoms with Crippen LogP contribution in [0.3, 0.4) is 0 Å². The Kier molecular flexibility index (Phi) is 6.69. The van der Waals surface area contributed by atoms with Crippen LogP contribution in [0, 0.1) is 5.92 Å². The molecule has 1 aliphatic heterocycles. The molecule has 3 rings (SSSR count). The Balaban J connectivity index is 1.62. The minimum Gasteiger partial charge on any atom is -0.493 e. The fraction of sp³-hybridized carbons (Fsp3) is 0.476. The molecule has 1 unspecified atom stereocenters. The fourth-order valence-electron chi connectivity index (χ4n) is 3.23. The lowest BCUT2D eigenvalue weighted by Crippen LogP contribution is -2.36. The molecular formula is C21H28N2O2S. The standard InChI is InChI=1S/C21H28N2O2S/c1-16(2)15-25-18-8-5-7-17(13-18)21(24)22-14-19(20-9-6-12-26-20)23-10-3-4-11-23/h5-9,12-13,16,19H,3-4,10-11,14-15H2,1-2H3,(H,22,24). The Bertz CT molecular complexity index is 694. The van der Waals surface area contributed by atoms with Crippen molar-refractivity contribution in [3.8, 4) is 5.75 Å². The Morgan fingerprint density at radius 3 is 2.73 bits per heavy atom. The van der Waals surface area contributed by atoms with Gasteiger partial charge in [-0.15, -0.1) is 11.3 Å². The molecule has 0 spiro atoms. The van der Waals surface area contributed by atoms with E-state index in [-0.39, 0.29) is 11.9 Å². The Morgan fingerprint density at radius 2 is 2.04 bits per heavy atom. The summed E-state index contributed by atoms with van der Waals surface area (Å²) in [7, 11) is 0. The van der Waals surface area contributed by atoms with Gasteiger partial charge in [0, 0.05) is 17.0 Å². The molecule has 1 N–H and O–H groups in total. The van der Waals surface area contributed by atoms with Crippen molar-refractivity contribution in [2.45, 2.75) is 32.7 Å². The summed E-state index contributed by atoms with van der Waals surface area (Å²) in [6.45, 7) is 7.73. The maximum absolute atomic E-state index is 12.6. The first-order valence-corrected chi connectivity index (χ1v) is 10.3. The number of benzene rings is 1. The van der Waals surface area contributed by atoms with Gasteiger partial charge in [-0.3, -0.25) is 9.69 Å². The number of amides is 1. The number of carbonyl (C=O) groups is 1. The number of ether oxygens (including phenoxy) is 1. The highest BCUT2D eigenvalue weighted by Gasteiger charge is 2.24. The van der Waals surface area contributed by atoms with Crippen LogP contribution >= 0.6 is 11.3 Å². The van der Waals surface area contributed by atoms with Gasteiger partial charge in [0.25, 0.3) is 5.91 Å². The van der Waals surface area contributed by atoms with Crippen LogP contribution in [-0.2, 0) is 0 Å². The van der Waals surface area contributed by atoms with Gasteiger partial charge in [-0.1, -0.05) is 26.0 Å². The molecule has 0 bridgehead atoms. The van der Waals surface area contributed by atoms with E-state index in [4.69, 9.17) is 4.74 Å². The largest absolute Gasteiger partial charge is 0.493 e. The molecule has 1 aliphatic rings. The van der Waals surface area contributed by atoms with E-state index in [2.05, 4.69) is 41.6 Å². The Hall–Kier alpha value is -1.85. The van der Waals surface area contributed by atoms with Crippen LogP contribution in [0.5, 0.6) is 5.75 Å². The van der Waals surface area contributed by atoms with Crippen molar-refractivity contribution in [3.05, 3.63) is 52.2 Å². The van der Waals surface area contributed by atoms with Crippen LogP contribution in [0.1, 0.15) is 48.0 Å². The predicted molar refractivity (Wildman–Crippen MR) is 107 cm³/mol. The molecule has 1 aromatic heterocycles. The van der Waals surface area contributed by atoms with Crippen LogP contribution in [-0.4, -0.2) is 37.0 Å². The summed E-state index contributed by atoms with van der Waals surface area (Å²) >= 11 is 1.76. The zero-order chi connectivity index (χ0) is 18.4. The third-order valence-corrected chi connectivity index (χ3v) is 5.56. The lowest BCUT2D eigenvalue weighted by Gasteiger charge is -2.27. The Morgan fingerprint density at radius 1 is 1.23 bits per heavy atom. The first-order valence-electron chi connectivity index (χ1n) is 9.42. The molecule has 1 atom stereocenters. The summed E-state index contributed by atoms with van der Waals surface area (Å²) in [4.78, 5) is 16.4. The highest BCUT2D eigenvalue weighted by atomic mass is 32.1. The molecule has 5 heteroatoms. The molecule has 0 radical (unpaired) electrons. The molecule has 1 aromatic carbocycles. The van der Waals surface area contributed by atoms with Gasteiger partial charge >= 0.3 is 0 Å². The van der Waals surface area contributed by atoms with Gasteiger partial charge in [0.1, 0.15) is 5.75 Å². The molecule has 2 aromatic rings. The Labute approximate surface area is 160 Å². The highest BCUT2D eigenvalue weighted by molar-refractivity contribution is 7.10. The second-order valence-electron chi connectivity index (χ2n) is 7.22. The van der Waals surface area contributed by atoms with Crippen LogP contribution in [0.2, 0.25) is 0 Å². The number of thiophene rings is 1. The predicted octanol–water partition coefficient (Wildman–Crippen LogP) is 4.35. The molecule has 1 fully saturated rings. The minimum atomic E-state index is -0.0410. The van der Waals surface area contributed by atoms with Crippen molar-refractivity contribution in [2.24, 2.45) is 5.92 Å². The second-order valence-corrected chi connectivity index (χ2v) is 8.20. The molecule has 140 valence electrons. The maximum atomic E-state index is 12.6. The van der Waals surface area contributed by atoms with Gasteiger partial charge in [0.05, 0.1) is 12.6 Å². The third-order valence-electron chi connectivity index (χ3n) is 4.59. The number of likely N-dealkylation sites (tertiary alicyclic amines) is 1. The number of nitrogens with one attached hydrogen (secondary N) is 1. The SMILES string of the molecule is CC(C)COc1cccc(C(=O)NCC(c2cccs2)N2CCCC2)c1. The lowest BCUT2D eigenvalue weighted by molar-refractivity contribution is 0.0938. The van der Waals surface area contributed by atoms with Gasteiger partial charge in [-0.25, -0.2) is 0 Å². The molecule has 0 aliphatic carbocycles. The number of carbonyl (C=O) groups excluding carboxylic acids is 1. The van der Waals surface area contributed by atoms with E-state index in [1.807, 2.05) is 24.3 Å². The zero-order valence-electron chi connectivity index (χ0n) is 15.6. The molecule has 2 heterocycles. The molecule has 0 saturated carbocycles. The number of nitrogens with zero attached hydrogens (tertiary/aromatic N) is 1. The van der Waals surface area contributed by atoms with E-state index in [0.717, 1.165) is 18.8 Å². The molecule has 1 amide bonds. The number of hydrogen-bond donors (Lipinski definition) is 1. The minimum absolute atomic E-state index is 0.0410. The van der Waals surface area contributed by atoms with Crippen LogP contribution < -0.4 is 10.1 Å². The van der Waals surface area contributed by atoms with Crippen molar-refractivity contribution in [1.82, 2.24) is 10.2 Å². The molecule has 26 heavy (non-hydrogen) atoms. The highest BCUT2D eigenvalue weighted by Crippen LogP contribution is 2.28. The summed E-state index contributed by atoms with van der Waals surface area (Å²) in [5, 5.41) is 5.23. The van der Waals surface area contributed by atoms with E-state index in [9.17, 15) is 4.79 Å². The van der Waals surface area contributed by atoms with Crippen molar-refractivity contribution in [2.75, 3.05) is 26.2 Å².